The molecule has 0 fully saturated rings. The van der Waals surface area contributed by atoms with Gasteiger partial charge >= 0.3 is 0 Å². The van der Waals surface area contributed by atoms with Crippen LogP contribution in [-0.4, -0.2) is 5.11 Å². The third-order valence-corrected chi connectivity index (χ3v) is 0.751. The van der Waals surface area contributed by atoms with Gasteiger partial charge in [0.15, 0.2) is 0 Å². The fourth-order valence-electron chi connectivity index (χ4n) is 0.387. The molecule has 3 N–H and O–H groups in total. The number of nitrogen functional groups attached to an aromatic ring is 1. The molecule has 2 nitrogen and oxygen atoms in total. The first-order chi connectivity index (χ1) is 4.61. The van der Waals surface area contributed by atoms with Gasteiger partial charge in [0.05, 0.1) is 2.74 Å². The van der Waals surface area contributed by atoms with Crippen molar-refractivity contribution in [1.82, 2.24) is 0 Å². The Balaban J connectivity index is 3.31. The monoisotopic (exact) mass is 111 g/mol. The molecule has 0 amide bonds. The fourth-order valence-corrected chi connectivity index (χ4v) is 0.387. The van der Waals surface area contributed by atoms with Crippen LogP contribution in [0.2, 0.25) is 0 Å². The van der Waals surface area contributed by atoms with Crippen LogP contribution in [-0.2, 0) is 0 Å². The minimum Gasteiger partial charge on any atom is -0.508 e. The topological polar surface area (TPSA) is 46.2 Å². The van der Waals surface area contributed by atoms with Gasteiger partial charge in [-0.25, -0.2) is 0 Å². The Morgan fingerprint density at radius 3 is 2.50 bits per heavy atom. The predicted octanol–water partition coefficient (Wildman–Crippen LogP) is 0.974. The van der Waals surface area contributed by atoms with Gasteiger partial charge in [0.1, 0.15) is 5.75 Å². The van der Waals surface area contributed by atoms with E-state index in [1.807, 2.05) is 0 Å². The van der Waals surface area contributed by atoms with E-state index in [4.69, 9.17) is 13.6 Å². The van der Waals surface area contributed by atoms with E-state index >= 15 is 0 Å². The van der Waals surface area contributed by atoms with Gasteiger partial charge in [-0.05, 0) is 24.2 Å². The van der Waals surface area contributed by atoms with Gasteiger partial charge in [-0.3, -0.25) is 0 Å². The molecule has 0 aliphatic rings. The molecule has 0 bridgehead atoms. The third kappa shape index (κ3) is 0.904. The Morgan fingerprint density at radius 2 is 2.00 bits per heavy atom. The van der Waals surface area contributed by atoms with Crippen molar-refractivity contribution in [2.75, 3.05) is 5.73 Å². The predicted molar refractivity (Wildman–Crippen MR) is 32.5 cm³/mol. The van der Waals surface area contributed by atoms with Gasteiger partial charge in [-0.15, -0.1) is 0 Å². The van der Waals surface area contributed by atoms with Gasteiger partial charge in [-0.1, -0.05) is 0 Å². The standard InChI is InChI=1S/C6H7NO/c7-5-1-3-6(8)4-2-5/h1-4,8H,7H2/i3D,4D. The number of hydrogen-bond acceptors (Lipinski definition) is 2. The van der Waals surface area contributed by atoms with Crippen LogP contribution in [0.25, 0.3) is 0 Å². The zero-order chi connectivity index (χ0) is 7.72. The highest BCUT2D eigenvalue weighted by atomic mass is 16.3. The largest absolute Gasteiger partial charge is 0.508 e. The molecule has 8 heavy (non-hydrogen) atoms. The summed E-state index contributed by atoms with van der Waals surface area (Å²) in [6, 6.07) is 2.39. The molecule has 0 aromatic heterocycles. The maximum Gasteiger partial charge on any atom is 0.115 e. The van der Waals surface area contributed by atoms with E-state index in [1.165, 1.54) is 12.1 Å². The smallest absolute Gasteiger partial charge is 0.115 e. The van der Waals surface area contributed by atoms with Crippen molar-refractivity contribution >= 4 is 5.69 Å². The molecule has 1 rings (SSSR count). The lowest BCUT2D eigenvalue weighted by molar-refractivity contribution is 0.475. The number of aromatic hydroxyl groups is 1. The lowest BCUT2D eigenvalue weighted by Gasteiger charge is -1.89. The number of hydrogen-bond donors (Lipinski definition) is 2. The van der Waals surface area contributed by atoms with Gasteiger partial charge in [-0.2, -0.15) is 0 Å². The van der Waals surface area contributed by atoms with E-state index in [9.17, 15) is 0 Å². The van der Waals surface area contributed by atoms with Crippen molar-refractivity contribution < 1.29 is 7.85 Å². The second-order valence-electron chi connectivity index (χ2n) is 1.43. The third-order valence-electron chi connectivity index (χ3n) is 0.751. The molecule has 0 radical (unpaired) electrons. The average Bonchev–Trinajstić information content (AvgIpc) is 1.82. The minimum atomic E-state index is -0.325. The minimum absolute atomic E-state index is 0.106. The number of benzene rings is 1. The summed E-state index contributed by atoms with van der Waals surface area (Å²) in [7, 11) is 0. The maximum atomic E-state index is 8.90. The van der Waals surface area contributed by atoms with Crippen LogP contribution >= 0.6 is 0 Å². The molecule has 0 saturated carbocycles. The normalized spacial score (nSPS) is 12.5. The van der Waals surface area contributed by atoms with E-state index in [1.54, 1.807) is 0 Å². The van der Waals surface area contributed by atoms with Crippen LogP contribution in [0.5, 0.6) is 5.75 Å². The van der Waals surface area contributed by atoms with Crippen molar-refractivity contribution in [2.45, 2.75) is 0 Å². The Hall–Kier alpha value is -1.18. The molecule has 0 atom stereocenters. The van der Waals surface area contributed by atoms with Crippen molar-refractivity contribution in [2.24, 2.45) is 0 Å². The zero-order valence-corrected chi connectivity index (χ0v) is 4.18. The summed E-state index contributed by atoms with van der Waals surface area (Å²) in [6.45, 7) is 0. The molecular weight excluding hydrogens is 102 g/mol. The molecule has 0 heterocycles. The Labute approximate surface area is 50.4 Å². The van der Waals surface area contributed by atoms with Gasteiger partial charge < -0.3 is 10.8 Å². The first kappa shape index (κ1) is 2.97. The van der Waals surface area contributed by atoms with Crippen LogP contribution in [0.4, 0.5) is 5.69 Å². The zero-order valence-electron chi connectivity index (χ0n) is 6.18. The molecule has 0 aliphatic heterocycles. The van der Waals surface area contributed by atoms with Crippen LogP contribution in [0, 0.1) is 0 Å². The van der Waals surface area contributed by atoms with Crippen molar-refractivity contribution in [3.63, 3.8) is 0 Å². The quantitative estimate of drug-likeness (QED) is 0.387. The van der Waals surface area contributed by atoms with E-state index in [2.05, 4.69) is 0 Å². The van der Waals surface area contributed by atoms with Crippen LogP contribution in [0.15, 0.2) is 24.2 Å². The SMILES string of the molecule is [2H]c1cc(N)cc([2H])c1O. The van der Waals surface area contributed by atoms with Crippen molar-refractivity contribution in [3.05, 3.63) is 24.2 Å². The lowest BCUT2D eigenvalue weighted by atomic mass is 10.3. The number of nitrogens with two attached hydrogens (primary N) is 1. The molecule has 0 unspecified atom stereocenters. The molecule has 0 saturated heterocycles. The van der Waals surface area contributed by atoms with Gasteiger partial charge in [0.25, 0.3) is 0 Å². The Morgan fingerprint density at radius 1 is 1.50 bits per heavy atom. The molecule has 1 aromatic rings. The fraction of sp³-hybridized carbons (Fsp3) is 0. The number of phenols is 1. The molecule has 42 valence electrons. The lowest BCUT2D eigenvalue weighted by Crippen LogP contribution is -1.80. The van der Waals surface area contributed by atoms with Crippen LogP contribution in [0.3, 0.4) is 0 Å². The molecule has 0 spiro atoms. The second kappa shape index (κ2) is 1.74. The molecule has 0 aliphatic carbocycles. The number of phenolic OH excluding ortho intramolecular Hbond substituents is 1. The summed E-state index contributed by atoms with van der Waals surface area (Å²) in [6.07, 6.45) is 0. The number of anilines is 1. The second-order valence-corrected chi connectivity index (χ2v) is 1.43. The highest BCUT2D eigenvalue weighted by Crippen LogP contribution is 2.09. The van der Waals surface area contributed by atoms with E-state index in [0.717, 1.165) is 0 Å². The van der Waals surface area contributed by atoms with E-state index in [-0.39, 0.29) is 17.8 Å². The van der Waals surface area contributed by atoms with Crippen LogP contribution in [0.1, 0.15) is 2.74 Å². The summed E-state index contributed by atoms with van der Waals surface area (Å²) in [5.41, 5.74) is 5.60. The van der Waals surface area contributed by atoms with Crippen LogP contribution < -0.4 is 5.73 Å². The average molecular weight is 111 g/mol. The summed E-state index contributed by atoms with van der Waals surface area (Å²) in [4.78, 5) is 0. The Kier molecular flexibility index (Phi) is 0.645. The summed E-state index contributed by atoms with van der Waals surface area (Å²) < 4.78 is 14.1. The molecule has 1 aromatic carbocycles. The molecular formula is C6H7NO. The highest BCUT2D eigenvalue weighted by Gasteiger charge is 1.82. The van der Waals surface area contributed by atoms with E-state index in [0.29, 0.717) is 5.69 Å². The Bertz CT molecular complexity index is 239. The summed E-state index contributed by atoms with van der Waals surface area (Å²) >= 11 is 0. The maximum absolute atomic E-state index is 8.90. The van der Waals surface area contributed by atoms with Crippen molar-refractivity contribution in [1.29, 1.82) is 0 Å². The van der Waals surface area contributed by atoms with Gasteiger partial charge in [0, 0.05) is 5.69 Å². The molecule has 2 heteroatoms. The van der Waals surface area contributed by atoms with Gasteiger partial charge in [0.2, 0.25) is 0 Å². The first-order valence-electron chi connectivity index (χ1n) is 3.17. The summed E-state index contributed by atoms with van der Waals surface area (Å²) in [5.74, 6) is -0.325. The highest BCUT2D eigenvalue weighted by molar-refractivity contribution is 5.40. The summed E-state index contributed by atoms with van der Waals surface area (Å²) in [5, 5.41) is 8.90. The van der Waals surface area contributed by atoms with Crippen molar-refractivity contribution in [3.8, 4) is 5.75 Å². The van der Waals surface area contributed by atoms with E-state index < -0.39 is 0 Å². The number of rotatable bonds is 0. The first-order valence-corrected chi connectivity index (χ1v) is 2.17.